The van der Waals surface area contributed by atoms with Gasteiger partial charge in [-0.2, -0.15) is 4.98 Å². The topological polar surface area (TPSA) is 108 Å². The molecule has 9 heteroatoms. The fraction of sp³-hybridized carbons (Fsp3) is 0.722. The predicted octanol–water partition coefficient (Wildman–Crippen LogP) is 0.121. The van der Waals surface area contributed by atoms with Gasteiger partial charge in [-0.3, -0.25) is 4.79 Å². The van der Waals surface area contributed by atoms with E-state index in [0.717, 1.165) is 0 Å². The molecule has 2 aliphatic rings. The maximum absolute atomic E-state index is 11.8. The van der Waals surface area contributed by atoms with Gasteiger partial charge in [0.15, 0.2) is 0 Å². The summed E-state index contributed by atoms with van der Waals surface area (Å²) in [6.45, 7) is 8.11. The summed E-state index contributed by atoms with van der Waals surface area (Å²) in [6, 6.07) is 0. The molecule has 3 heterocycles. The molecule has 9 nitrogen and oxygen atoms in total. The standard InChI is InChI=1S/C18H28N4O5/c1-18(2,16(24)25)14-9-19-17(20-15(14)21-3-6-26-7-4-21)22-5-8-27-12-13(10-22)11-23/h9,13,23H,3-8,10-12H2,1-2H3,(H,24,25)/t13-/m1/s1. The summed E-state index contributed by atoms with van der Waals surface area (Å²) in [5, 5.41) is 19.2. The predicted molar refractivity (Wildman–Crippen MR) is 99.3 cm³/mol. The van der Waals surface area contributed by atoms with Gasteiger partial charge < -0.3 is 29.5 Å². The third-order valence-electron chi connectivity index (χ3n) is 5.15. The lowest BCUT2D eigenvalue weighted by Crippen LogP contribution is -2.41. The van der Waals surface area contributed by atoms with Crippen molar-refractivity contribution in [1.29, 1.82) is 0 Å². The maximum atomic E-state index is 11.8. The van der Waals surface area contributed by atoms with E-state index in [4.69, 9.17) is 14.5 Å². The van der Waals surface area contributed by atoms with Crippen LogP contribution in [-0.4, -0.2) is 85.4 Å². The van der Waals surface area contributed by atoms with Gasteiger partial charge in [-0.05, 0) is 13.8 Å². The lowest BCUT2D eigenvalue weighted by atomic mass is 9.85. The number of carbonyl (C=O) groups is 1. The Labute approximate surface area is 158 Å². The summed E-state index contributed by atoms with van der Waals surface area (Å²) in [5.41, 5.74) is -0.521. The number of aliphatic carboxylic acids is 1. The van der Waals surface area contributed by atoms with Crippen LogP contribution in [0, 0.1) is 5.92 Å². The second kappa shape index (κ2) is 8.37. The zero-order chi connectivity index (χ0) is 19.4. The first kappa shape index (κ1) is 19.8. The molecule has 1 aromatic heterocycles. The molecule has 1 aromatic rings. The van der Waals surface area contributed by atoms with Crippen molar-refractivity contribution in [3.8, 4) is 0 Å². The minimum atomic E-state index is -1.11. The molecule has 0 bridgehead atoms. The molecule has 2 N–H and O–H groups in total. The molecule has 0 radical (unpaired) electrons. The van der Waals surface area contributed by atoms with E-state index in [9.17, 15) is 15.0 Å². The highest BCUT2D eigenvalue weighted by Gasteiger charge is 2.35. The van der Waals surface area contributed by atoms with Gasteiger partial charge in [-0.25, -0.2) is 4.98 Å². The minimum Gasteiger partial charge on any atom is -0.481 e. The van der Waals surface area contributed by atoms with Gasteiger partial charge in [0, 0.05) is 50.5 Å². The molecule has 0 aromatic carbocycles. The molecule has 0 amide bonds. The summed E-state index contributed by atoms with van der Waals surface area (Å²) in [5.74, 6) is 0.252. The van der Waals surface area contributed by atoms with Crippen molar-refractivity contribution in [2.45, 2.75) is 19.3 Å². The van der Waals surface area contributed by atoms with Gasteiger partial charge in [-0.15, -0.1) is 0 Å². The van der Waals surface area contributed by atoms with Gasteiger partial charge in [0.2, 0.25) is 5.95 Å². The number of rotatable bonds is 5. The Balaban J connectivity index is 1.98. The number of hydrogen-bond acceptors (Lipinski definition) is 8. The van der Waals surface area contributed by atoms with Crippen LogP contribution in [0.25, 0.3) is 0 Å². The van der Waals surface area contributed by atoms with Crippen LogP contribution < -0.4 is 9.80 Å². The number of nitrogens with zero attached hydrogens (tertiary/aromatic N) is 4. The number of aliphatic hydroxyl groups is 1. The van der Waals surface area contributed by atoms with Crippen molar-refractivity contribution in [3.63, 3.8) is 0 Å². The van der Waals surface area contributed by atoms with E-state index >= 15 is 0 Å². The summed E-state index contributed by atoms with van der Waals surface area (Å²) < 4.78 is 11.0. The van der Waals surface area contributed by atoms with Crippen molar-refractivity contribution >= 4 is 17.7 Å². The number of carboxylic acids is 1. The van der Waals surface area contributed by atoms with Gasteiger partial charge >= 0.3 is 5.97 Å². The molecule has 150 valence electrons. The zero-order valence-electron chi connectivity index (χ0n) is 15.9. The molecule has 2 fully saturated rings. The van der Waals surface area contributed by atoms with E-state index in [0.29, 0.717) is 69.9 Å². The summed E-state index contributed by atoms with van der Waals surface area (Å²) >= 11 is 0. The zero-order valence-corrected chi connectivity index (χ0v) is 15.9. The Morgan fingerprint density at radius 3 is 2.56 bits per heavy atom. The Morgan fingerprint density at radius 1 is 1.22 bits per heavy atom. The first-order chi connectivity index (χ1) is 12.9. The maximum Gasteiger partial charge on any atom is 0.313 e. The third-order valence-corrected chi connectivity index (χ3v) is 5.15. The number of anilines is 2. The summed E-state index contributed by atoms with van der Waals surface area (Å²) in [6.07, 6.45) is 1.63. The first-order valence-electron chi connectivity index (χ1n) is 9.30. The number of carboxylic acid groups (broad SMARTS) is 1. The lowest BCUT2D eigenvalue weighted by Gasteiger charge is -2.33. The van der Waals surface area contributed by atoms with E-state index in [1.807, 2.05) is 4.90 Å². The summed E-state index contributed by atoms with van der Waals surface area (Å²) in [7, 11) is 0. The largest absolute Gasteiger partial charge is 0.481 e. The number of morpholine rings is 1. The molecule has 2 saturated heterocycles. The third kappa shape index (κ3) is 4.31. The second-order valence-corrected chi connectivity index (χ2v) is 7.51. The van der Waals surface area contributed by atoms with E-state index < -0.39 is 11.4 Å². The normalized spacial score (nSPS) is 21.8. The van der Waals surface area contributed by atoms with Crippen molar-refractivity contribution < 1.29 is 24.5 Å². The Bertz CT molecular complexity index is 663. The summed E-state index contributed by atoms with van der Waals surface area (Å²) in [4.78, 5) is 25.1. The quantitative estimate of drug-likeness (QED) is 0.736. The molecule has 0 unspecified atom stereocenters. The number of aliphatic hydroxyl groups excluding tert-OH is 1. The second-order valence-electron chi connectivity index (χ2n) is 7.51. The van der Waals surface area contributed by atoms with Crippen LogP contribution in [-0.2, 0) is 19.7 Å². The molecular formula is C18H28N4O5. The van der Waals surface area contributed by atoms with Crippen molar-refractivity contribution in [3.05, 3.63) is 11.8 Å². The van der Waals surface area contributed by atoms with Crippen LogP contribution in [0.5, 0.6) is 0 Å². The molecule has 0 aliphatic carbocycles. The first-order valence-corrected chi connectivity index (χ1v) is 9.30. The molecule has 0 spiro atoms. The number of ether oxygens (including phenoxy) is 2. The fourth-order valence-electron chi connectivity index (χ4n) is 3.26. The smallest absolute Gasteiger partial charge is 0.313 e. The molecule has 1 atom stereocenters. The lowest BCUT2D eigenvalue weighted by molar-refractivity contribution is -0.142. The van der Waals surface area contributed by atoms with Crippen molar-refractivity contribution in [2.75, 3.05) is 69.0 Å². The highest BCUT2D eigenvalue weighted by molar-refractivity contribution is 5.82. The van der Waals surface area contributed by atoms with Gasteiger partial charge in [-0.1, -0.05) is 0 Å². The average molecular weight is 380 g/mol. The van der Waals surface area contributed by atoms with Crippen LogP contribution >= 0.6 is 0 Å². The SMILES string of the molecule is CC(C)(C(=O)O)c1cnc(N2CCOC[C@@H](CO)C2)nc1N1CCOCC1. The molecule has 3 rings (SSSR count). The number of aromatic nitrogens is 2. The van der Waals surface area contributed by atoms with Crippen LogP contribution in [0.3, 0.4) is 0 Å². The van der Waals surface area contributed by atoms with E-state index in [-0.39, 0.29) is 12.5 Å². The molecular weight excluding hydrogens is 352 g/mol. The van der Waals surface area contributed by atoms with Crippen LogP contribution in [0.4, 0.5) is 11.8 Å². The van der Waals surface area contributed by atoms with Gasteiger partial charge in [0.1, 0.15) is 5.82 Å². The molecule has 27 heavy (non-hydrogen) atoms. The van der Waals surface area contributed by atoms with Crippen LogP contribution in [0.1, 0.15) is 19.4 Å². The van der Waals surface area contributed by atoms with Crippen molar-refractivity contribution in [1.82, 2.24) is 9.97 Å². The average Bonchev–Trinajstić information content (AvgIpc) is 2.94. The fourth-order valence-corrected chi connectivity index (χ4v) is 3.26. The van der Waals surface area contributed by atoms with Crippen molar-refractivity contribution in [2.24, 2.45) is 5.92 Å². The number of hydrogen-bond donors (Lipinski definition) is 2. The highest BCUT2D eigenvalue weighted by atomic mass is 16.5. The van der Waals surface area contributed by atoms with E-state index in [2.05, 4.69) is 9.88 Å². The highest BCUT2D eigenvalue weighted by Crippen LogP contribution is 2.32. The Kier molecular flexibility index (Phi) is 6.13. The molecule has 2 aliphatic heterocycles. The molecule has 0 saturated carbocycles. The van der Waals surface area contributed by atoms with Gasteiger partial charge in [0.25, 0.3) is 0 Å². The Morgan fingerprint density at radius 2 is 1.89 bits per heavy atom. The minimum absolute atomic E-state index is 0.00178. The van der Waals surface area contributed by atoms with Gasteiger partial charge in [0.05, 0.1) is 31.8 Å². The van der Waals surface area contributed by atoms with E-state index in [1.165, 1.54) is 0 Å². The van der Waals surface area contributed by atoms with Crippen LogP contribution in [0.2, 0.25) is 0 Å². The monoisotopic (exact) mass is 380 g/mol. The van der Waals surface area contributed by atoms with E-state index in [1.54, 1.807) is 20.0 Å². The van der Waals surface area contributed by atoms with Crippen LogP contribution in [0.15, 0.2) is 6.20 Å². The Hall–Kier alpha value is -1.97.